The highest BCUT2D eigenvalue weighted by Gasteiger charge is 2.16. The summed E-state index contributed by atoms with van der Waals surface area (Å²) < 4.78 is 10.6. The van der Waals surface area contributed by atoms with Crippen molar-refractivity contribution >= 4 is 0 Å². The van der Waals surface area contributed by atoms with Gasteiger partial charge in [-0.3, -0.25) is 0 Å². The van der Waals surface area contributed by atoms with Crippen LogP contribution in [-0.4, -0.2) is 29.4 Å². The number of hydrogen-bond acceptors (Lipinski definition) is 5. The summed E-state index contributed by atoms with van der Waals surface area (Å²) in [5.74, 6) is 1.31. The average molecular weight is 275 g/mol. The highest BCUT2D eigenvalue weighted by atomic mass is 16.5. The van der Waals surface area contributed by atoms with Crippen LogP contribution in [0.5, 0.6) is 0 Å². The van der Waals surface area contributed by atoms with Crippen LogP contribution in [0.1, 0.15) is 31.1 Å². The molecule has 20 heavy (non-hydrogen) atoms. The number of methoxy groups -OCH3 is 1. The van der Waals surface area contributed by atoms with Gasteiger partial charge in [0.1, 0.15) is 0 Å². The van der Waals surface area contributed by atoms with Gasteiger partial charge in [-0.2, -0.15) is 4.98 Å². The number of ether oxygens (including phenoxy) is 1. The molecule has 0 atom stereocenters. The van der Waals surface area contributed by atoms with Crippen LogP contribution in [-0.2, 0) is 17.7 Å². The summed E-state index contributed by atoms with van der Waals surface area (Å²) in [6, 6.07) is 10.1. The molecule has 0 bridgehead atoms. The number of benzene rings is 1. The smallest absolute Gasteiger partial charge is 0.240 e. The first-order valence-corrected chi connectivity index (χ1v) is 6.70. The maximum atomic E-state index is 5.33. The van der Waals surface area contributed by atoms with Crippen molar-refractivity contribution in [1.29, 1.82) is 0 Å². The lowest BCUT2D eigenvalue weighted by atomic mass is 10.1. The lowest BCUT2D eigenvalue weighted by Gasteiger charge is -2.22. The van der Waals surface area contributed by atoms with Gasteiger partial charge in [-0.1, -0.05) is 35.5 Å². The summed E-state index contributed by atoms with van der Waals surface area (Å²) >= 11 is 0. The van der Waals surface area contributed by atoms with Crippen molar-refractivity contribution in [3.63, 3.8) is 0 Å². The zero-order chi connectivity index (χ0) is 14.4. The van der Waals surface area contributed by atoms with Crippen LogP contribution in [0.3, 0.4) is 0 Å². The molecule has 2 rings (SSSR count). The van der Waals surface area contributed by atoms with Gasteiger partial charge in [0.2, 0.25) is 5.89 Å². The van der Waals surface area contributed by atoms with Crippen LogP contribution < -0.4 is 5.32 Å². The third kappa shape index (κ3) is 4.43. The second-order valence-corrected chi connectivity index (χ2v) is 5.33. The molecule has 0 aliphatic carbocycles. The van der Waals surface area contributed by atoms with Crippen LogP contribution in [0.25, 0.3) is 0 Å². The average Bonchev–Trinajstić information content (AvgIpc) is 2.87. The summed E-state index contributed by atoms with van der Waals surface area (Å²) in [5, 5.41) is 7.24. The SMILES string of the molecule is COC(C)(C)CNCc1nc(Cc2ccccc2)no1. The minimum Gasteiger partial charge on any atom is -0.377 e. The minimum absolute atomic E-state index is 0.201. The molecule has 1 heterocycles. The minimum atomic E-state index is -0.201. The standard InChI is InChI=1S/C15H21N3O2/c1-15(2,19-3)11-16-10-14-17-13(18-20-14)9-12-7-5-4-6-8-12/h4-8,16H,9-11H2,1-3H3. The Morgan fingerprint density at radius 1 is 1.25 bits per heavy atom. The zero-order valence-corrected chi connectivity index (χ0v) is 12.2. The van der Waals surface area contributed by atoms with Crippen molar-refractivity contribution in [3.8, 4) is 0 Å². The summed E-state index contributed by atoms with van der Waals surface area (Å²) in [6.45, 7) is 5.32. The zero-order valence-electron chi connectivity index (χ0n) is 12.2. The predicted octanol–water partition coefficient (Wildman–Crippen LogP) is 2.17. The molecule has 5 nitrogen and oxygen atoms in total. The van der Waals surface area contributed by atoms with Crippen molar-refractivity contribution in [2.45, 2.75) is 32.4 Å². The number of rotatable bonds is 7. The van der Waals surface area contributed by atoms with Crippen molar-refractivity contribution < 1.29 is 9.26 Å². The van der Waals surface area contributed by atoms with Gasteiger partial charge in [-0.15, -0.1) is 0 Å². The van der Waals surface area contributed by atoms with Crippen molar-refractivity contribution in [2.24, 2.45) is 0 Å². The first-order chi connectivity index (χ1) is 9.59. The molecule has 0 amide bonds. The number of nitrogens with one attached hydrogen (secondary N) is 1. The number of hydrogen-bond donors (Lipinski definition) is 1. The van der Waals surface area contributed by atoms with Crippen molar-refractivity contribution in [1.82, 2.24) is 15.5 Å². The Balaban J connectivity index is 1.84. The van der Waals surface area contributed by atoms with E-state index in [1.807, 2.05) is 32.0 Å². The fourth-order valence-electron chi connectivity index (χ4n) is 1.75. The van der Waals surface area contributed by atoms with E-state index in [0.29, 0.717) is 24.7 Å². The highest BCUT2D eigenvalue weighted by Crippen LogP contribution is 2.08. The van der Waals surface area contributed by atoms with E-state index in [4.69, 9.17) is 9.26 Å². The summed E-state index contributed by atoms with van der Waals surface area (Å²) in [7, 11) is 1.70. The van der Waals surface area contributed by atoms with E-state index >= 15 is 0 Å². The molecule has 0 aliphatic heterocycles. The molecule has 2 aromatic rings. The molecule has 5 heteroatoms. The normalized spacial score (nSPS) is 11.8. The summed E-state index contributed by atoms with van der Waals surface area (Å²) in [4.78, 5) is 4.37. The van der Waals surface area contributed by atoms with E-state index in [1.165, 1.54) is 5.56 Å². The maximum Gasteiger partial charge on any atom is 0.240 e. The molecule has 1 aromatic carbocycles. The second-order valence-electron chi connectivity index (χ2n) is 5.33. The molecular formula is C15H21N3O2. The molecule has 0 fully saturated rings. The molecule has 0 spiro atoms. The first-order valence-electron chi connectivity index (χ1n) is 6.70. The number of aromatic nitrogens is 2. The summed E-state index contributed by atoms with van der Waals surface area (Å²) in [5.41, 5.74) is 0.973. The van der Waals surface area contributed by atoms with Crippen LogP contribution in [0.2, 0.25) is 0 Å². The molecule has 0 unspecified atom stereocenters. The summed E-state index contributed by atoms with van der Waals surface area (Å²) in [6.07, 6.45) is 0.688. The lowest BCUT2D eigenvalue weighted by Crippen LogP contribution is -2.36. The van der Waals surface area contributed by atoms with Crippen molar-refractivity contribution in [3.05, 3.63) is 47.6 Å². The Kier molecular flexibility index (Phi) is 4.87. The topological polar surface area (TPSA) is 60.2 Å². The van der Waals surface area contributed by atoms with Gasteiger partial charge in [0, 0.05) is 20.1 Å². The molecule has 1 N–H and O–H groups in total. The van der Waals surface area contributed by atoms with E-state index in [1.54, 1.807) is 7.11 Å². The number of nitrogens with zero attached hydrogens (tertiary/aromatic N) is 2. The Morgan fingerprint density at radius 2 is 2.00 bits per heavy atom. The molecule has 0 radical (unpaired) electrons. The van der Waals surface area contributed by atoms with Gasteiger partial charge in [0.15, 0.2) is 5.82 Å². The fourth-order valence-corrected chi connectivity index (χ4v) is 1.75. The van der Waals surface area contributed by atoms with E-state index in [-0.39, 0.29) is 5.60 Å². The van der Waals surface area contributed by atoms with E-state index in [0.717, 1.165) is 6.54 Å². The van der Waals surface area contributed by atoms with Gasteiger partial charge in [-0.25, -0.2) is 0 Å². The Morgan fingerprint density at radius 3 is 2.70 bits per heavy atom. The largest absolute Gasteiger partial charge is 0.377 e. The molecule has 0 saturated carbocycles. The van der Waals surface area contributed by atoms with Gasteiger partial charge in [0.05, 0.1) is 12.1 Å². The van der Waals surface area contributed by atoms with Gasteiger partial charge >= 0.3 is 0 Å². The molecule has 0 aliphatic rings. The monoisotopic (exact) mass is 275 g/mol. The van der Waals surface area contributed by atoms with Gasteiger partial charge in [-0.05, 0) is 19.4 Å². The molecular weight excluding hydrogens is 254 g/mol. The third-order valence-corrected chi connectivity index (χ3v) is 3.09. The first kappa shape index (κ1) is 14.7. The van der Waals surface area contributed by atoms with E-state index < -0.39 is 0 Å². The second kappa shape index (κ2) is 6.63. The predicted molar refractivity (Wildman–Crippen MR) is 76.3 cm³/mol. The van der Waals surface area contributed by atoms with Crippen LogP contribution in [0, 0.1) is 0 Å². The van der Waals surface area contributed by atoms with Gasteiger partial charge < -0.3 is 14.6 Å². The quantitative estimate of drug-likeness (QED) is 0.839. The maximum absolute atomic E-state index is 5.33. The van der Waals surface area contributed by atoms with Crippen molar-refractivity contribution in [2.75, 3.05) is 13.7 Å². The lowest BCUT2D eigenvalue weighted by molar-refractivity contribution is 0.0226. The highest BCUT2D eigenvalue weighted by molar-refractivity contribution is 5.18. The van der Waals surface area contributed by atoms with Gasteiger partial charge in [0.25, 0.3) is 0 Å². The Labute approximate surface area is 119 Å². The fraction of sp³-hybridized carbons (Fsp3) is 0.467. The van der Waals surface area contributed by atoms with E-state index in [2.05, 4.69) is 27.6 Å². The van der Waals surface area contributed by atoms with Crippen LogP contribution in [0.15, 0.2) is 34.9 Å². The molecule has 1 aromatic heterocycles. The molecule has 0 saturated heterocycles. The van der Waals surface area contributed by atoms with Crippen LogP contribution >= 0.6 is 0 Å². The Bertz CT molecular complexity index is 523. The Hall–Kier alpha value is -1.72. The third-order valence-electron chi connectivity index (χ3n) is 3.09. The van der Waals surface area contributed by atoms with Crippen LogP contribution in [0.4, 0.5) is 0 Å². The molecule has 108 valence electrons. The van der Waals surface area contributed by atoms with E-state index in [9.17, 15) is 0 Å².